The van der Waals surface area contributed by atoms with Gasteiger partial charge in [0.25, 0.3) is 5.91 Å². The van der Waals surface area contributed by atoms with Gasteiger partial charge in [0.05, 0.1) is 5.56 Å². The number of hydrogen-bond donors (Lipinski definition) is 2. The van der Waals surface area contributed by atoms with Gasteiger partial charge in [-0.05, 0) is 30.7 Å². The first-order valence-electron chi connectivity index (χ1n) is 5.06. The fourth-order valence-corrected chi connectivity index (χ4v) is 1.56. The number of carbonyl (C=O) groups excluding carboxylic acids is 1. The van der Waals surface area contributed by atoms with Gasteiger partial charge in [-0.15, -0.1) is 0 Å². The molecule has 86 valence electrons. The third-order valence-corrected chi connectivity index (χ3v) is 2.41. The molecule has 1 amide bonds. The third-order valence-electron chi connectivity index (χ3n) is 2.41. The molecule has 0 aliphatic carbocycles. The highest BCUT2D eigenvalue weighted by Crippen LogP contribution is 2.21. The summed E-state index contributed by atoms with van der Waals surface area (Å²) < 4.78 is 0. The second kappa shape index (κ2) is 4.21. The van der Waals surface area contributed by atoms with E-state index in [1.54, 1.807) is 18.5 Å². The number of amides is 1. The molecule has 5 nitrogen and oxygen atoms in total. The summed E-state index contributed by atoms with van der Waals surface area (Å²) in [6.45, 7) is 1.89. The molecule has 0 saturated heterocycles. The van der Waals surface area contributed by atoms with Crippen LogP contribution in [-0.2, 0) is 0 Å². The van der Waals surface area contributed by atoms with E-state index in [-0.39, 0.29) is 11.4 Å². The van der Waals surface area contributed by atoms with Crippen LogP contribution in [0.4, 0.5) is 5.82 Å². The summed E-state index contributed by atoms with van der Waals surface area (Å²) >= 11 is 0. The van der Waals surface area contributed by atoms with Gasteiger partial charge in [-0.2, -0.15) is 0 Å². The average molecular weight is 228 g/mol. The van der Waals surface area contributed by atoms with E-state index in [1.807, 2.05) is 19.1 Å². The van der Waals surface area contributed by atoms with Crippen molar-refractivity contribution in [3.05, 3.63) is 41.9 Å². The minimum absolute atomic E-state index is 0.145. The molecule has 4 N–H and O–H groups in total. The topological polar surface area (TPSA) is 94.9 Å². The zero-order valence-electron chi connectivity index (χ0n) is 9.34. The summed E-state index contributed by atoms with van der Waals surface area (Å²) in [5, 5.41) is 0. The second-order valence-electron chi connectivity index (χ2n) is 3.71. The number of carbonyl (C=O) groups is 1. The number of anilines is 1. The molecule has 0 atom stereocenters. The number of rotatable bonds is 2. The van der Waals surface area contributed by atoms with Gasteiger partial charge in [-0.25, -0.2) is 4.98 Å². The van der Waals surface area contributed by atoms with Crippen LogP contribution in [0.1, 0.15) is 16.1 Å². The Labute approximate surface area is 98.5 Å². The summed E-state index contributed by atoms with van der Waals surface area (Å²) in [5.41, 5.74) is 13.6. The Balaban J connectivity index is 2.54. The standard InChI is InChI=1S/C12H12N4O/c1-7-4-8(2-3-15-7)9-5-10(12(14)17)11(13)16-6-9/h2-6H,1H3,(H2,13,16)(H2,14,17). The van der Waals surface area contributed by atoms with Crippen molar-refractivity contribution < 1.29 is 4.79 Å². The highest BCUT2D eigenvalue weighted by molar-refractivity contribution is 5.98. The minimum Gasteiger partial charge on any atom is -0.383 e. The van der Waals surface area contributed by atoms with Crippen LogP contribution < -0.4 is 11.5 Å². The van der Waals surface area contributed by atoms with E-state index in [0.29, 0.717) is 0 Å². The molecule has 0 saturated carbocycles. The van der Waals surface area contributed by atoms with Gasteiger partial charge in [-0.3, -0.25) is 9.78 Å². The van der Waals surface area contributed by atoms with Crippen LogP contribution in [0.25, 0.3) is 11.1 Å². The largest absolute Gasteiger partial charge is 0.383 e. The predicted octanol–water partition coefficient (Wildman–Crippen LogP) is 1.13. The van der Waals surface area contributed by atoms with Gasteiger partial charge < -0.3 is 11.5 Å². The van der Waals surface area contributed by atoms with E-state index in [4.69, 9.17) is 11.5 Å². The Morgan fingerprint density at radius 2 is 2.00 bits per heavy atom. The lowest BCUT2D eigenvalue weighted by molar-refractivity contribution is 0.100. The van der Waals surface area contributed by atoms with E-state index in [1.165, 1.54) is 0 Å². The molecule has 0 aliphatic rings. The van der Waals surface area contributed by atoms with E-state index < -0.39 is 5.91 Å². The predicted molar refractivity (Wildman–Crippen MR) is 65.1 cm³/mol. The molecule has 2 aromatic heterocycles. The molecule has 0 aliphatic heterocycles. The molecule has 0 unspecified atom stereocenters. The molecule has 0 bridgehead atoms. The normalized spacial score (nSPS) is 10.2. The SMILES string of the molecule is Cc1cc(-c2cnc(N)c(C(N)=O)c2)ccn1. The molecule has 17 heavy (non-hydrogen) atoms. The Bertz CT molecular complexity index is 580. The third kappa shape index (κ3) is 2.23. The van der Waals surface area contributed by atoms with E-state index in [2.05, 4.69) is 9.97 Å². The van der Waals surface area contributed by atoms with E-state index in [0.717, 1.165) is 16.8 Å². The average Bonchev–Trinajstić information content (AvgIpc) is 2.29. The summed E-state index contributed by atoms with van der Waals surface area (Å²) in [4.78, 5) is 19.2. The number of nitrogen functional groups attached to an aromatic ring is 1. The van der Waals surface area contributed by atoms with Gasteiger partial charge in [0, 0.05) is 23.7 Å². The Morgan fingerprint density at radius 1 is 1.24 bits per heavy atom. The highest BCUT2D eigenvalue weighted by atomic mass is 16.1. The number of aryl methyl sites for hydroxylation is 1. The number of primary amides is 1. The molecule has 2 rings (SSSR count). The fourth-order valence-electron chi connectivity index (χ4n) is 1.56. The number of hydrogen-bond acceptors (Lipinski definition) is 4. The first kappa shape index (κ1) is 11.1. The van der Waals surface area contributed by atoms with E-state index >= 15 is 0 Å². The number of pyridine rings is 2. The maximum absolute atomic E-state index is 11.2. The second-order valence-corrected chi connectivity index (χ2v) is 3.71. The molecular weight excluding hydrogens is 216 g/mol. The summed E-state index contributed by atoms with van der Waals surface area (Å²) in [5.74, 6) is -0.436. The molecule has 0 radical (unpaired) electrons. The van der Waals surface area contributed by atoms with Crippen molar-refractivity contribution in [1.82, 2.24) is 9.97 Å². The monoisotopic (exact) mass is 228 g/mol. The molecule has 2 heterocycles. The van der Waals surface area contributed by atoms with Crippen LogP contribution in [0.15, 0.2) is 30.6 Å². The maximum Gasteiger partial charge on any atom is 0.252 e. The van der Waals surface area contributed by atoms with Crippen molar-refractivity contribution in [2.75, 3.05) is 5.73 Å². The zero-order valence-corrected chi connectivity index (χ0v) is 9.34. The molecular formula is C12H12N4O. The van der Waals surface area contributed by atoms with Crippen LogP contribution in [0.3, 0.4) is 0 Å². The smallest absolute Gasteiger partial charge is 0.252 e. The van der Waals surface area contributed by atoms with Gasteiger partial charge in [0.1, 0.15) is 5.82 Å². The van der Waals surface area contributed by atoms with Crippen LogP contribution >= 0.6 is 0 Å². The Morgan fingerprint density at radius 3 is 2.65 bits per heavy atom. The number of aromatic nitrogens is 2. The fraction of sp³-hybridized carbons (Fsp3) is 0.0833. The lowest BCUT2D eigenvalue weighted by Gasteiger charge is -2.05. The quantitative estimate of drug-likeness (QED) is 0.805. The van der Waals surface area contributed by atoms with Crippen LogP contribution in [0, 0.1) is 6.92 Å². The highest BCUT2D eigenvalue weighted by Gasteiger charge is 2.09. The number of nitrogens with two attached hydrogens (primary N) is 2. The van der Waals surface area contributed by atoms with Crippen LogP contribution in [0.2, 0.25) is 0 Å². The van der Waals surface area contributed by atoms with Gasteiger partial charge >= 0.3 is 0 Å². The number of nitrogens with zero attached hydrogens (tertiary/aromatic N) is 2. The van der Waals surface area contributed by atoms with Crippen molar-refractivity contribution in [3.8, 4) is 11.1 Å². The van der Waals surface area contributed by atoms with Crippen LogP contribution in [0.5, 0.6) is 0 Å². The molecule has 0 fully saturated rings. The maximum atomic E-state index is 11.2. The van der Waals surface area contributed by atoms with Gasteiger partial charge in [0.2, 0.25) is 0 Å². The van der Waals surface area contributed by atoms with Crippen molar-refractivity contribution >= 4 is 11.7 Å². The molecule has 5 heteroatoms. The van der Waals surface area contributed by atoms with Crippen molar-refractivity contribution in [1.29, 1.82) is 0 Å². The van der Waals surface area contributed by atoms with E-state index in [9.17, 15) is 4.79 Å². The summed E-state index contributed by atoms with van der Waals surface area (Å²) in [6, 6.07) is 5.38. The summed E-state index contributed by atoms with van der Waals surface area (Å²) in [6.07, 6.45) is 3.31. The van der Waals surface area contributed by atoms with Gasteiger partial charge in [-0.1, -0.05) is 0 Å². The lowest BCUT2D eigenvalue weighted by atomic mass is 10.1. The first-order chi connectivity index (χ1) is 8.08. The van der Waals surface area contributed by atoms with Crippen LogP contribution in [-0.4, -0.2) is 15.9 Å². The Hall–Kier alpha value is -2.43. The Kier molecular flexibility index (Phi) is 2.74. The zero-order chi connectivity index (χ0) is 12.4. The molecule has 2 aromatic rings. The molecule has 0 spiro atoms. The van der Waals surface area contributed by atoms with Crippen molar-refractivity contribution in [2.45, 2.75) is 6.92 Å². The summed E-state index contributed by atoms with van der Waals surface area (Å²) in [7, 11) is 0. The first-order valence-corrected chi connectivity index (χ1v) is 5.06. The minimum atomic E-state index is -0.581. The van der Waals surface area contributed by atoms with Crippen molar-refractivity contribution in [2.24, 2.45) is 5.73 Å². The van der Waals surface area contributed by atoms with Crippen molar-refractivity contribution in [3.63, 3.8) is 0 Å². The molecule has 0 aromatic carbocycles. The van der Waals surface area contributed by atoms with Gasteiger partial charge in [0.15, 0.2) is 0 Å². The lowest BCUT2D eigenvalue weighted by Crippen LogP contribution is -2.14.